The second-order valence-corrected chi connectivity index (χ2v) is 5.41. The van der Waals surface area contributed by atoms with Crippen molar-refractivity contribution < 1.29 is 9.84 Å². The maximum Gasteiger partial charge on any atom is 0.213 e. The van der Waals surface area contributed by atoms with Crippen molar-refractivity contribution in [2.45, 2.75) is 12.0 Å². The Kier molecular flexibility index (Phi) is 5.42. The monoisotopic (exact) mass is 326 g/mol. The third kappa shape index (κ3) is 3.66. The minimum absolute atomic E-state index is 0.127. The number of aromatic nitrogens is 1. The van der Waals surface area contributed by atoms with Gasteiger partial charge in [-0.05, 0) is 23.8 Å². The number of hydrogen-bond donors (Lipinski definition) is 2. The van der Waals surface area contributed by atoms with Crippen molar-refractivity contribution in [3.05, 3.63) is 57.7 Å². The van der Waals surface area contributed by atoms with E-state index < -0.39 is 6.04 Å². The Morgan fingerprint density at radius 1 is 1.24 bits per heavy atom. The molecule has 6 heteroatoms. The molecule has 1 heterocycles. The van der Waals surface area contributed by atoms with Crippen LogP contribution in [0.4, 0.5) is 0 Å². The molecule has 0 aliphatic carbocycles. The molecule has 0 aliphatic rings. The summed E-state index contributed by atoms with van der Waals surface area (Å²) in [7, 11) is 1.54. The molecule has 0 saturated heterocycles. The molecule has 112 valence electrons. The lowest BCUT2D eigenvalue weighted by atomic mass is 9.90. The maximum absolute atomic E-state index is 9.68. The fourth-order valence-electron chi connectivity index (χ4n) is 2.11. The molecular weight excluding hydrogens is 311 g/mol. The van der Waals surface area contributed by atoms with Gasteiger partial charge in [-0.25, -0.2) is 4.98 Å². The van der Waals surface area contributed by atoms with Crippen LogP contribution in [-0.4, -0.2) is 23.8 Å². The van der Waals surface area contributed by atoms with Crippen molar-refractivity contribution in [3.8, 4) is 5.88 Å². The van der Waals surface area contributed by atoms with E-state index in [0.29, 0.717) is 21.6 Å². The second-order valence-electron chi connectivity index (χ2n) is 4.59. The minimum atomic E-state index is -0.484. The SMILES string of the molecule is COc1cccc(C(N)C(CO)c2ccc(Cl)c(Cl)c2)n1. The lowest BCUT2D eigenvalue weighted by molar-refractivity contribution is 0.247. The van der Waals surface area contributed by atoms with Gasteiger partial charge in [-0.3, -0.25) is 0 Å². The zero-order valence-electron chi connectivity index (χ0n) is 11.5. The molecule has 1 aromatic heterocycles. The van der Waals surface area contributed by atoms with E-state index in [-0.39, 0.29) is 12.5 Å². The number of aliphatic hydroxyl groups excluding tert-OH is 1. The fraction of sp³-hybridized carbons (Fsp3) is 0.267. The number of nitrogens with zero attached hydrogens (tertiary/aromatic N) is 1. The molecular formula is C15H16Cl2N2O2. The summed E-state index contributed by atoms with van der Waals surface area (Å²) < 4.78 is 5.09. The molecule has 0 bridgehead atoms. The van der Waals surface area contributed by atoms with Gasteiger partial charge >= 0.3 is 0 Å². The number of halogens is 2. The van der Waals surface area contributed by atoms with E-state index in [0.717, 1.165) is 5.56 Å². The summed E-state index contributed by atoms with van der Waals surface area (Å²) in [5.74, 6) is 0.146. The number of hydrogen-bond acceptors (Lipinski definition) is 4. The van der Waals surface area contributed by atoms with Gasteiger partial charge in [0.15, 0.2) is 0 Å². The van der Waals surface area contributed by atoms with E-state index in [1.54, 1.807) is 37.4 Å². The third-order valence-corrected chi connectivity index (χ3v) is 4.04. The number of nitrogens with two attached hydrogens (primary N) is 1. The van der Waals surface area contributed by atoms with E-state index >= 15 is 0 Å². The Hall–Kier alpha value is -1.33. The molecule has 3 N–H and O–H groups in total. The van der Waals surface area contributed by atoms with Crippen LogP contribution in [0, 0.1) is 0 Å². The topological polar surface area (TPSA) is 68.4 Å². The number of pyridine rings is 1. The maximum atomic E-state index is 9.68. The normalized spacial score (nSPS) is 13.8. The number of benzene rings is 1. The van der Waals surface area contributed by atoms with Crippen molar-refractivity contribution in [2.75, 3.05) is 13.7 Å². The Morgan fingerprint density at radius 3 is 2.62 bits per heavy atom. The van der Waals surface area contributed by atoms with Gasteiger partial charge in [0.2, 0.25) is 5.88 Å². The molecule has 4 nitrogen and oxygen atoms in total. The van der Waals surface area contributed by atoms with Crippen molar-refractivity contribution in [1.82, 2.24) is 4.98 Å². The molecule has 21 heavy (non-hydrogen) atoms. The van der Waals surface area contributed by atoms with Crippen LogP contribution in [0.2, 0.25) is 10.0 Å². The summed E-state index contributed by atoms with van der Waals surface area (Å²) in [5, 5.41) is 10.6. The summed E-state index contributed by atoms with van der Waals surface area (Å²) in [6.45, 7) is -0.127. The lowest BCUT2D eigenvalue weighted by Crippen LogP contribution is -2.23. The molecule has 2 unspecified atom stereocenters. The van der Waals surface area contributed by atoms with Gasteiger partial charge in [0.05, 0.1) is 35.5 Å². The van der Waals surface area contributed by atoms with E-state index in [4.69, 9.17) is 33.7 Å². The Balaban J connectivity index is 2.32. The summed E-state index contributed by atoms with van der Waals surface area (Å²) in [6, 6.07) is 10.1. The van der Waals surface area contributed by atoms with Gasteiger partial charge in [0.25, 0.3) is 0 Å². The van der Waals surface area contributed by atoms with Crippen LogP contribution in [0.3, 0.4) is 0 Å². The van der Waals surface area contributed by atoms with Gasteiger partial charge in [0.1, 0.15) is 0 Å². The Labute approximate surface area is 133 Å². The van der Waals surface area contributed by atoms with Crippen LogP contribution in [0.1, 0.15) is 23.2 Å². The smallest absolute Gasteiger partial charge is 0.213 e. The van der Waals surface area contributed by atoms with Crippen molar-refractivity contribution >= 4 is 23.2 Å². The molecule has 2 rings (SSSR count). The standard InChI is InChI=1S/C15H16Cl2N2O2/c1-21-14-4-2-3-13(19-14)15(18)10(8-20)9-5-6-11(16)12(17)7-9/h2-7,10,15,20H,8,18H2,1H3. The van der Waals surface area contributed by atoms with Crippen LogP contribution in [0.5, 0.6) is 5.88 Å². The van der Waals surface area contributed by atoms with Crippen LogP contribution >= 0.6 is 23.2 Å². The Bertz CT molecular complexity index is 622. The number of methoxy groups -OCH3 is 1. The average Bonchev–Trinajstić information content (AvgIpc) is 2.51. The average molecular weight is 327 g/mol. The van der Waals surface area contributed by atoms with Crippen molar-refractivity contribution in [3.63, 3.8) is 0 Å². The highest BCUT2D eigenvalue weighted by molar-refractivity contribution is 6.42. The zero-order chi connectivity index (χ0) is 15.4. The summed E-state index contributed by atoms with van der Waals surface area (Å²) in [4.78, 5) is 4.31. The van der Waals surface area contributed by atoms with E-state index in [1.807, 2.05) is 6.07 Å². The molecule has 0 aliphatic heterocycles. The van der Waals surface area contributed by atoms with Crippen molar-refractivity contribution in [1.29, 1.82) is 0 Å². The largest absolute Gasteiger partial charge is 0.481 e. The predicted molar refractivity (Wildman–Crippen MR) is 84.0 cm³/mol. The van der Waals surface area contributed by atoms with Crippen LogP contribution < -0.4 is 10.5 Å². The molecule has 0 radical (unpaired) electrons. The highest BCUT2D eigenvalue weighted by Crippen LogP contribution is 2.32. The van der Waals surface area contributed by atoms with Gasteiger partial charge in [0, 0.05) is 12.0 Å². The van der Waals surface area contributed by atoms with Crippen molar-refractivity contribution in [2.24, 2.45) is 5.73 Å². The highest BCUT2D eigenvalue weighted by Gasteiger charge is 2.23. The van der Waals surface area contributed by atoms with Gasteiger partial charge in [-0.1, -0.05) is 35.3 Å². The molecule has 2 atom stereocenters. The van der Waals surface area contributed by atoms with Crippen LogP contribution in [-0.2, 0) is 0 Å². The van der Waals surface area contributed by atoms with Crippen LogP contribution in [0.25, 0.3) is 0 Å². The first-order valence-electron chi connectivity index (χ1n) is 6.39. The third-order valence-electron chi connectivity index (χ3n) is 3.30. The quantitative estimate of drug-likeness (QED) is 0.885. The van der Waals surface area contributed by atoms with E-state index in [2.05, 4.69) is 4.98 Å². The fourth-order valence-corrected chi connectivity index (χ4v) is 2.41. The molecule has 0 spiro atoms. The first-order chi connectivity index (χ1) is 10.1. The second kappa shape index (κ2) is 7.09. The van der Waals surface area contributed by atoms with Gasteiger partial charge < -0.3 is 15.6 Å². The first-order valence-corrected chi connectivity index (χ1v) is 7.14. The zero-order valence-corrected chi connectivity index (χ0v) is 13.0. The summed E-state index contributed by atoms with van der Waals surface area (Å²) in [5.41, 5.74) is 7.69. The van der Waals surface area contributed by atoms with Gasteiger partial charge in [-0.2, -0.15) is 0 Å². The highest BCUT2D eigenvalue weighted by atomic mass is 35.5. The lowest BCUT2D eigenvalue weighted by Gasteiger charge is -2.22. The van der Waals surface area contributed by atoms with E-state index in [1.165, 1.54) is 0 Å². The molecule has 0 amide bonds. The Morgan fingerprint density at radius 2 is 2.00 bits per heavy atom. The van der Waals surface area contributed by atoms with E-state index in [9.17, 15) is 5.11 Å². The first kappa shape index (κ1) is 16.0. The number of ether oxygens (including phenoxy) is 1. The predicted octanol–water partition coefficient (Wildman–Crippen LogP) is 3.17. The summed E-state index contributed by atoms with van der Waals surface area (Å²) >= 11 is 11.9. The molecule has 1 aromatic carbocycles. The molecule has 0 fully saturated rings. The summed E-state index contributed by atoms with van der Waals surface area (Å²) in [6.07, 6.45) is 0. The molecule has 2 aromatic rings. The number of rotatable bonds is 5. The minimum Gasteiger partial charge on any atom is -0.481 e. The number of aliphatic hydroxyl groups is 1. The van der Waals surface area contributed by atoms with Crippen LogP contribution in [0.15, 0.2) is 36.4 Å². The molecule has 0 saturated carbocycles. The van der Waals surface area contributed by atoms with Gasteiger partial charge in [-0.15, -0.1) is 0 Å².